The molecule has 3 aromatic rings. The third-order valence-corrected chi connectivity index (χ3v) is 4.67. The van der Waals surface area contributed by atoms with Crippen LogP contribution >= 0.6 is 11.6 Å². The number of benzene rings is 3. The van der Waals surface area contributed by atoms with Crippen LogP contribution < -0.4 is 5.73 Å². The molecule has 3 aromatic carbocycles. The van der Waals surface area contributed by atoms with E-state index in [0.717, 1.165) is 12.1 Å². The van der Waals surface area contributed by atoms with Crippen molar-refractivity contribution in [2.45, 2.75) is 4.90 Å². The Kier molecular flexibility index (Phi) is 4.45. The van der Waals surface area contributed by atoms with E-state index >= 15 is 0 Å². The maximum Gasteiger partial charge on any atom is 0.298 e. The molecule has 8 nitrogen and oxygen atoms in total. The summed E-state index contributed by atoms with van der Waals surface area (Å²) < 4.78 is 31.8. The number of hydrogen-bond donors (Lipinski definition) is 4. The Hall–Kier alpha value is -2.88. The molecule has 0 amide bonds. The summed E-state index contributed by atoms with van der Waals surface area (Å²) in [6.45, 7) is 0. The second-order valence-electron chi connectivity index (χ2n) is 5.33. The molecule has 0 bridgehead atoms. The first-order valence-corrected chi connectivity index (χ1v) is 8.92. The first-order chi connectivity index (χ1) is 12.2. The van der Waals surface area contributed by atoms with Crippen LogP contribution in [0.3, 0.4) is 0 Å². The summed E-state index contributed by atoms with van der Waals surface area (Å²) >= 11 is 5.80. The van der Waals surface area contributed by atoms with E-state index in [-0.39, 0.29) is 22.1 Å². The summed E-state index contributed by atoms with van der Waals surface area (Å²) in [6, 6.07) is 10.2. The van der Waals surface area contributed by atoms with Gasteiger partial charge >= 0.3 is 0 Å². The fourth-order valence-electron chi connectivity index (χ4n) is 2.42. The maximum absolute atomic E-state index is 11.3. The highest BCUT2D eigenvalue weighted by Crippen LogP contribution is 2.41. The Bertz CT molecular complexity index is 1160. The third-order valence-electron chi connectivity index (χ3n) is 3.58. The van der Waals surface area contributed by atoms with E-state index in [1.54, 1.807) is 24.3 Å². The van der Waals surface area contributed by atoms with Crippen LogP contribution in [0.5, 0.6) is 11.5 Å². The van der Waals surface area contributed by atoms with Crippen molar-refractivity contribution >= 4 is 49.6 Å². The Labute approximate surface area is 152 Å². The molecule has 0 fully saturated rings. The van der Waals surface area contributed by atoms with Gasteiger partial charge in [-0.3, -0.25) is 4.55 Å². The number of azo groups is 1. The van der Waals surface area contributed by atoms with Crippen molar-refractivity contribution < 1.29 is 23.2 Å². The molecule has 0 radical (unpaired) electrons. The lowest BCUT2D eigenvalue weighted by molar-refractivity contribution is 0.444. The first-order valence-electron chi connectivity index (χ1n) is 7.10. The van der Waals surface area contributed by atoms with Crippen LogP contribution in [0.4, 0.5) is 17.1 Å². The molecule has 134 valence electrons. The quantitative estimate of drug-likeness (QED) is 0.298. The number of nitrogens with zero attached hydrogens (tertiary/aromatic N) is 2. The predicted molar refractivity (Wildman–Crippen MR) is 97.1 cm³/mol. The highest BCUT2D eigenvalue weighted by Gasteiger charge is 2.20. The van der Waals surface area contributed by atoms with Crippen LogP contribution in [0.15, 0.2) is 57.6 Å². The van der Waals surface area contributed by atoms with Gasteiger partial charge in [-0.05, 0) is 29.7 Å². The van der Waals surface area contributed by atoms with Crippen LogP contribution in [-0.4, -0.2) is 23.2 Å². The molecule has 0 atom stereocenters. The van der Waals surface area contributed by atoms with Crippen LogP contribution in [0.2, 0.25) is 5.02 Å². The average Bonchev–Trinajstić information content (AvgIpc) is 2.56. The average molecular weight is 394 g/mol. The first kappa shape index (κ1) is 17.9. The Morgan fingerprint density at radius 2 is 1.77 bits per heavy atom. The predicted octanol–water partition coefficient (Wildman–Crippen LogP) is 4.15. The van der Waals surface area contributed by atoms with E-state index in [1.165, 1.54) is 6.07 Å². The Balaban J connectivity index is 2.20. The number of phenolic OH excluding ortho intramolecular Hbond substituents is 2. The van der Waals surface area contributed by atoms with Crippen LogP contribution in [0, 0.1) is 0 Å². The summed E-state index contributed by atoms with van der Waals surface area (Å²) in [5.74, 6) is -1.04. The Morgan fingerprint density at radius 3 is 2.46 bits per heavy atom. The molecular formula is C16H12ClN3O5S. The van der Waals surface area contributed by atoms with Gasteiger partial charge in [0.2, 0.25) is 0 Å². The molecule has 0 aliphatic heterocycles. The van der Waals surface area contributed by atoms with Gasteiger partial charge in [-0.2, -0.15) is 8.42 Å². The minimum atomic E-state index is -4.72. The van der Waals surface area contributed by atoms with E-state index in [9.17, 15) is 18.6 Å². The zero-order valence-corrected chi connectivity index (χ0v) is 14.5. The molecule has 0 aromatic heterocycles. The zero-order chi connectivity index (χ0) is 19.1. The lowest BCUT2D eigenvalue weighted by atomic mass is 10.1. The van der Waals surface area contributed by atoms with Gasteiger partial charge in [-0.1, -0.05) is 29.8 Å². The fourth-order valence-corrected chi connectivity index (χ4v) is 3.32. The van der Waals surface area contributed by atoms with Crippen molar-refractivity contribution in [1.29, 1.82) is 0 Å². The minimum Gasteiger partial charge on any atom is -0.506 e. The normalized spacial score (nSPS) is 12.1. The number of nitrogen functional groups attached to an aromatic ring is 1. The molecule has 0 saturated carbocycles. The van der Waals surface area contributed by atoms with Crippen molar-refractivity contribution in [3.8, 4) is 11.5 Å². The number of rotatable bonds is 3. The van der Waals surface area contributed by atoms with E-state index in [0.29, 0.717) is 16.5 Å². The van der Waals surface area contributed by atoms with Crippen LogP contribution in [0.25, 0.3) is 10.8 Å². The highest BCUT2D eigenvalue weighted by atomic mass is 35.5. The van der Waals surface area contributed by atoms with Crippen molar-refractivity contribution in [2.24, 2.45) is 10.2 Å². The number of fused-ring (bicyclic) bond motifs is 1. The van der Waals surface area contributed by atoms with Crippen LogP contribution in [-0.2, 0) is 10.1 Å². The lowest BCUT2D eigenvalue weighted by Gasteiger charge is -2.07. The van der Waals surface area contributed by atoms with Crippen molar-refractivity contribution in [2.75, 3.05) is 5.73 Å². The molecule has 0 aliphatic rings. The van der Waals surface area contributed by atoms with Gasteiger partial charge in [0.05, 0.1) is 0 Å². The fraction of sp³-hybridized carbons (Fsp3) is 0. The summed E-state index contributed by atoms with van der Waals surface area (Å²) in [5.41, 5.74) is 6.01. The number of nitrogens with two attached hydrogens (primary N) is 1. The van der Waals surface area contributed by atoms with Crippen molar-refractivity contribution in [3.63, 3.8) is 0 Å². The standard InChI is InChI=1S/C16H12ClN3O5S/c17-9-6-11(16(22)13(7-9)26(23,24)25)19-20-15-12(21)5-4-8-2-1-3-10(18)14(8)15/h1-7,21-22H,18H2,(H,23,24,25). The number of hydrogen-bond acceptors (Lipinski definition) is 7. The van der Waals surface area contributed by atoms with E-state index in [4.69, 9.17) is 21.9 Å². The number of phenols is 2. The minimum absolute atomic E-state index is 0.0355. The zero-order valence-electron chi connectivity index (χ0n) is 13.0. The molecular weight excluding hydrogens is 382 g/mol. The summed E-state index contributed by atoms with van der Waals surface area (Å²) in [7, 11) is -4.72. The smallest absolute Gasteiger partial charge is 0.298 e. The summed E-state index contributed by atoms with van der Waals surface area (Å²) in [4.78, 5) is -0.805. The molecule has 0 spiro atoms. The van der Waals surface area contributed by atoms with Gasteiger partial charge in [-0.15, -0.1) is 10.2 Å². The number of halogens is 1. The molecule has 5 N–H and O–H groups in total. The van der Waals surface area contributed by atoms with E-state index in [2.05, 4.69) is 10.2 Å². The molecule has 0 aliphatic carbocycles. The monoisotopic (exact) mass is 393 g/mol. The SMILES string of the molecule is Nc1cccc2ccc(O)c(N=Nc3cc(Cl)cc(S(=O)(=O)O)c3O)c12. The second-order valence-corrected chi connectivity index (χ2v) is 7.15. The van der Waals surface area contributed by atoms with Gasteiger partial charge in [0.1, 0.15) is 22.0 Å². The number of anilines is 1. The Morgan fingerprint density at radius 1 is 1.04 bits per heavy atom. The van der Waals surface area contributed by atoms with Gasteiger partial charge in [0.15, 0.2) is 5.75 Å². The topological polar surface area (TPSA) is 146 Å². The van der Waals surface area contributed by atoms with Crippen molar-refractivity contribution in [3.05, 3.63) is 47.5 Å². The lowest BCUT2D eigenvalue weighted by Crippen LogP contribution is -1.98. The molecule has 26 heavy (non-hydrogen) atoms. The van der Waals surface area contributed by atoms with Gasteiger partial charge in [0.25, 0.3) is 10.1 Å². The summed E-state index contributed by atoms with van der Waals surface area (Å²) in [6.07, 6.45) is 0. The highest BCUT2D eigenvalue weighted by molar-refractivity contribution is 7.86. The van der Waals surface area contributed by atoms with Gasteiger partial charge < -0.3 is 15.9 Å². The second kappa shape index (κ2) is 6.45. The summed E-state index contributed by atoms with van der Waals surface area (Å²) in [5, 5.41) is 28.8. The third kappa shape index (κ3) is 3.27. The molecule has 0 unspecified atom stereocenters. The molecule has 3 rings (SSSR count). The molecule has 0 saturated heterocycles. The molecule has 0 heterocycles. The van der Waals surface area contributed by atoms with Crippen molar-refractivity contribution in [1.82, 2.24) is 0 Å². The molecule has 10 heteroatoms. The van der Waals surface area contributed by atoms with E-state index < -0.39 is 20.8 Å². The number of aromatic hydroxyl groups is 2. The maximum atomic E-state index is 11.3. The van der Waals surface area contributed by atoms with Gasteiger partial charge in [-0.25, -0.2) is 0 Å². The van der Waals surface area contributed by atoms with E-state index in [1.807, 2.05) is 0 Å². The van der Waals surface area contributed by atoms with Gasteiger partial charge in [0, 0.05) is 16.1 Å². The van der Waals surface area contributed by atoms with Crippen LogP contribution in [0.1, 0.15) is 0 Å². The largest absolute Gasteiger partial charge is 0.506 e.